The fourth-order valence-electron chi connectivity index (χ4n) is 2.35. The number of aromatic nitrogens is 2. The first-order chi connectivity index (χ1) is 9.96. The molecule has 1 aromatic heterocycles. The van der Waals surface area contributed by atoms with Crippen molar-refractivity contribution >= 4 is 16.5 Å². The van der Waals surface area contributed by atoms with E-state index in [0.717, 1.165) is 0 Å². The molecular weight excluding hydrogens is 274 g/mol. The third-order valence-corrected chi connectivity index (χ3v) is 3.45. The van der Waals surface area contributed by atoms with Gasteiger partial charge in [0, 0.05) is 5.69 Å². The third kappa shape index (κ3) is 2.70. The number of H-pyrrole nitrogens is 2. The number of hydrogen-bond acceptors (Lipinski definition) is 5. The maximum atomic E-state index is 12.0. The van der Waals surface area contributed by atoms with Crippen molar-refractivity contribution in [3.8, 4) is 0 Å². The number of rotatable bonds is 2. The lowest BCUT2D eigenvalue weighted by molar-refractivity contribution is -0.247. The number of ether oxygens (including phenoxy) is 2. The number of hydrogen-bond donors (Lipinski definition) is 3. The van der Waals surface area contributed by atoms with E-state index in [2.05, 4.69) is 15.5 Å². The summed E-state index contributed by atoms with van der Waals surface area (Å²) < 4.78 is 11.2. The molecule has 0 spiro atoms. The van der Waals surface area contributed by atoms with Crippen molar-refractivity contribution in [1.29, 1.82) is 0 Å². The van der Waals surface area contributed by atoms with E-state index in [0.29, 0.717) is 29.7 Å². The molecule has 1 aliphatic rings. The maximum Gasteiger partial charge on any atom is 0.272 e. The van der Waals surface area contributed by atoms with E-state index < -0.39 is 5.79 Å². The van der Waals surface area contributed by atoms with Gasteiger partial charge in [-0.25, -0.2) is 0 Å². The number of benzene rings is 1. The smallest absolute Gasteiger partial charge is 0.272 e. The van der Waals surface area contributed by atoms with Crippen LogP contribution in [-0.2, 0) is 9.47 Å². The van der Waals surface area contributed by atoms with Gasteiger partial charge in [-0.3, -0.25) is 19.8 Å². The van der Waals surface area contributed by atoms with Gasteiger partial charge in [-0.15, -0.1) is 0 Å². The van der Waals surface area contributed by atoms with E-state index in [-0.39, 0.29) is 17.2 Å². The summed E-state index contributed by atoms with van der Waals surface area (Å²) in [6.45, 7) is 4.63. The van der Waals surface area contributed by atoms with Crippen LogP contribution in [0.2, 0.25) is 0 Å². The van der Waals surface area contributed by atoms with E-state index in [1.54, 1.807) is 18.2 Å². The Morgan fingerprint density at radius 2 is 1.81 bits per heavy atom. The van der Waals surface area contributed by atoms with E-state index >= 15 is 0 Å². The largest absolute Gasteiger partial charge is 0.377 e. The molecular formula is C14H17N3O4. The molecule has 112 valence electrons. The van der Waals surface area contributed by atoms with E-state index in [1.807, 2.05) is 13.8 Å². The molecule has 7 nitrogen and oxygen atoms in total. The standard InChI is InChI=1S/C14H17N3O4/c1-14(2)20-6-8(7-21-14)15-10-5-3-4-9-11(10)13(19)17-16-12(9)18/h3-5,8,15H,6-7H2,1-2H3,(H,16,18)(H,17,19). The number of anilines is 1. The van der Waals surface area contributed by atoms with E-state index in [4.69, 9.17) is 9.47 Å². The van der Waals surface area contributed by atoms with Crippen LogP contribution in [0.15, 0.2) is 27.8 Å². The molecule has 2 heterocycles. The fourth-order valence-corrected chi connectivity index (χ4v) is 2.35. The van der Waals surface area contributed by atoms with E-state index in [9.17, 15) is 9.59 Å². The molecule has 1 aliphatic heterocycles. The van der Waals surface area contributed by atoms with Crippen LogP contribution in [0.3, 0.4) is 0 Å². The molecule has 7 heteroatoms. The van der Waals surface area contributed by atoms with Gasteiger partial charge in [0.1, 0.15) is 0 Å². The van der Waals surface area contributed by atoms with Crippen LogP contribution in [0.25, 0.3) is 10.8 Å². The Labute approximate surface area is 120 Å². The Kier molecular flexibility index (Phi) is 3.30. The molecule has 1 fully saturated rings. The molecule has 2 aromatic rings. The molecule has 0 aliphatic carbocycles. The predicted octanol–water partition coefficient (Wildman–Crippen LogP) is 0.780. The topological polar surface area (TPSA) is 96.2 Å². The lowest BCUT2D eigenvalue weighted by atomic mass is 10.1. The van der Waals surface area contributed by atoms with Crippen molar-refractivity contribution < 1.29 is 9.47 Å². The maximum absolute atomic E-state index is 12.0. The third-order valence-electron chi connectivity index (χ3n) is 3.45. The predicted molar refractivity (Wildman–Crippen MR) is 78.6 cm³/mol. The highest BCUT2D eigenvalue weighted by Gasteiger charge is 2.28. The first-order valence-corrected chi connectivity index (χ1v) is 6.74. The molecule has 1 saturated heterocycles. The minimum atomic E-state index is -0.592. The first-order valence-electron chi connectivity index (χ1n) is 6.74. The van der Waals surface area contributed by atoms with Gasteiger partial charge >= 0.3 is 0 Å². The average molecular weight is 291 g/mol. The summed E-state index contributed by atoms with van der Waals surface area (Å²) in [7, 11) is 0. The Hall–Kier alpha value is -2.12. The quantitative estimate of drug-likeness (QED) is 0.760. The van der Waals surface area contributed by atoms with Gasteiger partial charge in [0.2, 0.25) is 0 Å². The molecule has 0 amide bonds. The lowest BCUT2D eigenvalue weighted by Gasteiger charge is -2.35. The Balaban J connectivity index is 1.94. The van der Waals surface area contributed by atoms with Crippen LogP contribution >= 0.6 is 0 Å². The zero-order chi connectivity index (χ0) is 15.0. The normalized spacial score (nSPS) is 18.8. The number of aromatic amines is 2. The zero-order valence-electron chi connectivity index (χ0n) is 11.9. The SMILES string of the molecule is CC1(C)OCC(Nc2cccc3c(=O)[nH][nH]c(=O)c23)CO1. The minimum absolute atomic E-state index is 0.0812. The summed E-state index contributed by atoms with van der Waals surface area (Å²) in [5.41, 5.74) is -0.0760. The number of fused-ring (bicyclic) bond motifs is 1. The van der Waals surface area contributed by atoms with Crippen molar-refractivity contribution in [1.82, 2.24) is 10.2 Å². The molecule has 0 bridgehead atoms. The van der Waals surface area contributed by atoms with Gasteiger partial charge in [-0.2, -0.15) is 0 Å². The van der Waals surface area contributed by atoms with E-state index in [1.165, 1.54) is 0 Å². The van der Waals surface area contributed by atoms with Gasteiger partial charge in [0.15, 0.2) is 5.79 Å². The highest BCUT2D eigenvalue weighted by molar-refractivity contribution is 5.92. The van der Waals surface area contributed by atoms with Crippen LogP contribution in [0.4, 0.5) is 5.69 Å². The second kappa shape index (κ2) is 5.01. The fraction of sp³-hybridized carbons (Fsp3) is 0.429. The Morgan fingerprint density at radius 3 is 2.52 bits per heavy atom. The molecule has 1 aromatic carbocycles. The van der Waals surface area contributed by atoms with Crippen LogP contribution in [0.5, 0.6) is 0 Å². The van der Waals surface area contributed by atoms with Gasteiger partial charge in [-0.05, 0) is 26.0 Å². The van der Waals surface area contributed by atoms with Crippen molar-refractivity contribution in [3.05, 3.63) is 38.9 Å². The molecule has 3 N–H and O–H groups in total. The van der Waals surface area contributed by atoms with Crippen LogP contribution in [-0.4, -0.2) is 35.2 Å². The van der Waals surface area contributed by atoms with Crippen LogP contribution in [0.1, 0.15) is 13.8 Å². The summed E-state index contributed by atoms with van der Waals surface area (Å²) in [6.07, 6.45) is 0. The van der Waals surface area contributed by atoms with Gasteiger partial charge < -0.3 is 14.8 Å². The van der Waals surface area contributed by atoms with Crippen molar-refractivity contribution in [2.45, 2.75) is 25.7 Å². The second-order valence-electron chi connectivity index (χ2n) is 5.50. The van der Waals surface area contributed by atoms with Gasteiger partial charge in [0.25, 0.3) is 11.1 Å². The van der Waals surface area contributed by atoms with Crippen molar-refractivity contribution in [3.63, 3.8) is 0 Å². The van der Waals surface area contributed by atoms with Gasteiger partial charge in [0.05, 0.1) is 30.0 Å². The first kappa shape index (κ1) is 13.8. The Bertz CT molecular complexity index is 768. The summed E-state index contributed by atoms with van der Waals surface area (Å²) >= 11 is 0. The summed E-state index contributed by atoms with van der Waals surface area (Å²) in [5.74, 6) is -0.592. The van der Waals surface area contributed by atoms with Crippen molar-refractivity contribution in [2.75, 3.05) is 18.5 Å². The highest BCUT2D eigenvalue weighted by atomic mass is 16.7. The summed E-state index contributed by atoms with van der Waals surface area (Å²) in [6, 6.07) is 5.03. The van der Waals surface area contributed by atoms with Crippen molar-refractivity contribution in [2.24, 2.45) is 0 Å². The molecule has 0 atom stereocenters. The molecule has 0 saturated carbocycles. The highest BCUT2D eigenvalue weighted by Crippen LogP contribution is 2.22. The zero-order valence-corrected chi connectivity index (χ0v) is 11.9. The minimum Gasteiger partial charge on any atom is -0.377 e. The number of nitrogens with one attached hydrogen (secondary N) is 3. The average Bonchev–Trinajstić information content (AvgIpc) is 2.45. The second-order valence-corrected chi connectivity index (χ2v) is 5.50. The van der Waals surface area contributed by atoms with Gasteiger partial charge in [-0.1, -0.05) is 6.07 Å². The Morgan fingerprint density at radius 1 is 1.14 bits per heavy atom. The van der Waals surface area contributed by atoms with Crippen LogP contribution < -0.4 is 16.4 Å². The summed E-state index contributed by atoms with van der Waals surface area (Å²) in [5, 5.41) is 8.55. The lowest BCUT2D eigenvalue weighted by Crippen LogP contribution is -2.45. The molecule has 3 rings (SSSR count). The molecule has 0 unspecified atom stereocenters. The monoisotopic (exact) mass is 291 g/mol. The van der Waals surface area contributed by atoms with Crippen LogP contribution in [0, 0.1) is 0 Å². The summed E-state index contributed by atoms with van der Waals surface area (Å²) in [4.78, 5) is 23.7. The molecule has 0 radical (unpaired) electrons. The molecule has 21 heavy (non-hydrogen) atoms.